The summed E-state index contributed by atoms with van der Waals surface area (Å²) in [5, 5.41) is 41.8. The molecule has 1 rings (SSSR count). The van der Waals surface area contributed by atoms with Crippen molar-refractivity contribution in [2.24, 2.45) is 0 Å². The van der Waals surface area contributed by atoms with Crippen LogP contribution in [0.25, 0.3) is 0 Å². The van der Waals surface area contributed by atoms with Gasteiger partial charge in [0.25, 0.3) is 0 Å². The summed E-state index contributed by atoms with van der Waals surface area (Å²) in [6, 6.07) is 6.23. The van der Waals surface area contributed by atoms with Crippen LogP contribution in [-0.2, 0) is 19.5 Å². The summed E-state index contributed by atoms with van der Waals surface area (Å²) in [5.41, 5.74) is 3.23. The molecular weight excluding hydrogens is 332 g/mol. The van der Waals surface area contributed by atoms with Gasteiger partial charge in [-0.2, -0.15) is 0 Å². The van der Waals surface area contributed by atoms with Gasteiger partial charge in [-0.3, -0.25) is 4.90 Å². The minimum Gasteiger partial charge on any atom is -0.393 e. The minimum atomic E-state index is -0.471. The highest BCUT2D eigenvalue weighted by Gasteiger charge is 2.13. The summed E-state index contributed by atoms with van der Waals surface area (Å²) in [4.78, 5) is 2.03. The number of nitrogens with one attached hydrogen (secondary N) is 1. The van der Waals surface area contributed by atoms with E-state index in [-0.39, 0.29) is 0 Å². The number of hydrogen-bond donors (Lipinski definition) is 5. The summed E-state index contributed by atoms with van der Waals surface area (Å²) in [7, 11) is 0. The standard InChI is InChI=1S/C20H36N2O4/c1-14(23)5-18-6-19(10-21-9-15(2)24)8-20(7-18)13-22(11-16(3)25)12-17(4)26/h6-8,14-17,21,23-26H,5,9-13H2,1-4H3. The Labute approximate surface area is 157 Å². The monoisotopic (exact) mass is 368 g/mol. The van der Waals surface area contributed by atoms with Gasteiger partial charge in [-0.05, 0) is 50.8 Å². The first-order valence-corrected chi connectivity index (χ1v) is 9.42. The van der Waals surface area contributed by atoms with Gasteiger partial charge < -0.3 is 25.7 Å². The Morgan fingerprint density at radius 3 is 1.81 bits per heavy atom. The van der Waals surface area contributed by atoms with Gasteiger partial charge in [0.1, 0.15) is 0 Å². The predicted molar refractivity (Wildman–Crippen MR) is 104 cm³/mol. The highest BCUT2D eigenvalue weighted by atomic mass is 16.3. The lowest BCUT2D eigenvalue weighted by Gasteiger charge is -2.25. The molecule has 0 bridgehead atoms. The molecule has 0 saturated carbocycles. The van der Waals surface area contributed by atoms with Crippen molar-refractivity contribution in [2.75, 3.05) is 19.6 Å². The lowest BCUT2D eigenvalue weighted by Crippen LogP contribution is -2.35. The summed E-state index contributed by atoms with van der Waals surface area (Å²) in [5.74, 6) is 0. The lowest BCUT2D eigenvalue weighted by atomic mass is 10.0. The third-order valence-corrected chi connectivity index (χ3v) is 3.86. The van der Waals surface area contributed by atoms with Crippen molar-refractivity contribution in [3.05, 3.63) is 34.9 Å². The van der Waals surface area contributed by atoms with E-state index in [1.807, 2.05) is 4.90 Å². The van der Waals surface area contributed by atoms with E-state index in [0.717, 1.165) is 16.7 Å². The molecule has 0 fully saturated rings. The van der Waals surface area contributed by atoms with Crippen molar-refractivity contribution in [2.45, 2.75) is 71.6 Å². The molecule has 4 unspecified atom stereocenters. The first-order valence-electron chi connectivity index (χ1n) is 9.42. The fourth-order valence-corrected chi connectivity index (χ4v) is 3.13. The number of hydrogen-bond acceptors (Lipinski definition) is 6. The molecule has 0 spiro atoms. The van der Waals surface area contributed by atoms with Crippen molar-refractivity contribution in [3.63, 3.8) is 0 Å². The maximum absolute atomic E-state index is 9.73. The van der Waals surface area contributed by atoms with E-state index in [9.17, 15) is 20.4 Å². The average molecular weight is 369 g/mol. The molecule has 6 nitrogen and oxygen atoms in total. The minimum absolute atomic E-state index is 0.400. The molecule has 5 N–H and O–H groups in total. The second-order valence-corrected chi connectivity index (χ2v) is 7.58. The highest BCUT2D eigenvalue weighted by Crippen LogP contribution is 2.15. The van der Waals surface area contributed by atoms with Crippen LogP contribution in [0.2, 0.25) is 0 Å². The zero-order chi connectivity index (χ0) is 19.7. The van der Waals surface area contributed by atoms with Gasteiger partial charge in [-0.15, -0.1) is 0 Å². The van der Waals surface area contributed by atoms with E-state index in [2.05, 4.69) is 23.5 Å². The molecule has 0 aliphatic carbocycles. The molecule has 0 aliphatic heterocycles. The second-order valence-electron chi connectivity index (χ2n) is 7.58. The van der Waals surface area contributed by atoms with Crippen LogP contribution in [0.15, 0.2) is 18.2 Å². The Hall–Kier alpha value is -1.02. The Balaban J connectivity index is 2.93. The number of rotatable bonds is 12. The van der Waals surface area contributed by atoms with Crippen LogP contribution in [-0.4, -0.2) is 69.4 Å². The third kappa shape index (κ3) is 10.2. The van der Waals surface area contributed by atoms with Crippen molar-refractivity contribution < 1.29 is 20.4 Å². The average Bonchev–Trinajstić information content (AvgIpc) is 2.44. The molecule has 0 aliphatic rings. The smallest absolute Gasteiger partial charge is 0.0639 e. The number of aliphatic hydroxyl groups is 4. The fraction of sp³-hybridized carbons (Fsp3) is 0.700. The van der Waals surface area contributed by atoms with Gasteiger partial charge in [-0.1, -0.05) is 18.2 Å². The van der Waals surface area contributed by atoms with Crippen LogP contribution in [0, 0.1) is 0 Å². The topological polar surface area (TPSA) is 96.2 Å². The Morgan fingerprint density at radius 1 is 0.769 bits per heavy atom. The normalized spacial score (nSPS) is 16.5. The summed E-state index contributed by atoms with van der Waals surface area (Å²) >= 11 is 0. The first-order chi connectivity index (χ1) is 12.2. The van der Waals surface area contributed by atoms with Gasteiger partial charge in [0.2, 0.25) is 0 Å². The Bertz CT molecular complexity index is 509. The van der Waals surface area contributed by atoms with Crippen molar-refractivity contribution >= 4 is 0 Å². The molecule has 0 heterocycles. The van der Waals surface area contributed by atoms with Crippen molar-refractivity contribution in [1.82, 2.24) is 10.2 Å². The van der Waals surface area contributed by atoms with Crippen LogP contribution in [0.3, 0.4) is 0 Å². The summed E-state index contributed by atoms with van der Waals surface area (Å²) < 4.78 is 0. The predicted octanol–water partition coefficient (Wildman–Crippen LogP) is 0.644. The van der Waals surface area contributed by atoms with E-state index < -0.39 is 24.4 Å². The van der Waals surface area contributed by atoms with Gasteiger partial charge >= 0.3 is 0 Å². The number of aliphatic hydroxyl groups excluding tert-OH is 4. The van der Waals surface area contributed by atoms with Gasteiger partial charge in [0, 0.05) is 32.7 Å². The van der Waals surface area contributed by atoms with Crippen LogP contribution in [0.4, 0.5) is 0 Å². The summed E-state index contributed by atoms with van der Waals surface area (Å²) in [6.07, 6.45) is -1.19. The molecule has 26 heavy (non-hydrogen) atoms. The molecule has 6 heteroatoms. The molecule has 0 amide bonds. The van der Waals surface area contributed by atoms with Crippen LogP contribution in [0.5, 0.6) is 0 Å². The zero-order valence-corrected chi connectivity index (χ0v) is 16.5. The molecule has 0 radical (unpaired) electrons. The van der Waals surface area contributed by atoms with E-state index in [1.165, 1.54) is 0 Å². The van der Waals surface area contributed by atoms with E-state index in [1.54, 1.807) is 27.7 Å². The molecule has 0 aromatic heterocycles. The van der Waals surface area contributed by atoms with E-state index in [0.29, 0.717) is 39.1 Å². The molecule has 4 atom stereocenters. The Morgan fingerprint density at radius 2 is 1.31 bits per heavy atom. The molecule has 1 aromatic rings. The highest BCUT2D eigenvalue weighted by molar-refractivity contribution is 5.31. The largest absolute Gasteiger partial charge is 0.393 e. The molecule has 1 aromatic carbocycles. The van der Waals surface area contributed by atoms with E-state index >= 15 is 0 Å². The van der Waals surface area contributed by atoms with Gasteiger partial charge in [0.05, 0.1) is 24.4 Å². The van der Waals surface area contributed by atoms with Crippen molar-refractivity contribution in [1.29, 1.82) is 0 Å². The Kier molecular flexibility index (Phi) is 10.3. The maximum atomic E-state index is 9.73. The van der Waals surface area contributed by atoms with Gasteiger partial charge in [0.15, 0.2) is 0 Å². The van der Waals surface area contributed by atoms with E-state index in [4.69, 9.17) is 0 Å². The fourth-order valence-electron chi connectivity index (χ4n) is 3.13. The van der Waals surface area contributed by atoms with Crippen LogP contribution < -0.4 is 5.32 Å². The second kappa shape index (κ2) is 11.6. The summed E-state index contributed by atoms with van der Waals surface area (Å²) in [6.45, 7) is 9.74. The van der Waals surface area contributed by atoms with Crippen molar-refractivity contribution in [3.8, 4) is 0 Å². The van der Waals surface area contributed by atoms with Crippen LogP contribution in [0.1, 0.15) is 44.4 Å². The molecule has 0 saturated heterocycles. The zero-order valence-electron chi connectivity index (χ0n) is 16.5. The lowest BCUT2D eigenvalue weighted by molar-refractivity contribution is 0.0794. The first kappa shape index (κ1) is 23.0. The quantitative estimate of drug-likeness (QED) is 0.372. The van der Waals surface area contributed by atoms with Crippen LogP contribution >= 0.6 is 0 Å². The SMILES string of the molecule is CC(O)CNCc1cc(CC(C)O)cc(CN(CC(C)O)CC(C)O)c1. The molecule has 150 valence electrons. The maximum Gasteiger partial charge on any atom is 0.0639 e. The third-order valence-electron chi connectivity index (χ3n) is 3.86. The number of nitrogens with zero attached hydrogens (tertiary/aromatic N) is 1. The number of benzene rings is 1. The van der Waals surface area contributed by atoms with Gasteiger partial charge in [-0.25, -0.2) is 0 Å². The molecular formula is C20H36N2O4.